The summed E-state index contributed by atoms with van der Waals surface area (Å²) in [6, 6.07) is 6.14. The van der Waals surface area contributed by atoms with E-state index in [9.17, 15) is 9.18 Å². The van der Waals surface area contributed by atoms with Crippen LogP contribution in [0.4, 0.5) is 4.39 Å². The van der Waals surface area contributed by atoms with E-state index in [1.54, 1.807) is 23.0 Å². The molecular weight excluding hydrogens is 355 g/mol. The second kappa shape index (κ2) is 9.14. The molecule has 2 N–H and O–H groups in total. The van der Waals surface area contributed by atoms with E-state index in [0.29, 0.717) is 18.0 Å². The van der Waals surface area contributed by atoms with Gasteiger partial charge in [-0.2, -0.15) is 5.10 Å². The number of halogens is 2. The first kappa shape index (κ1) is 20.4. The number of aromatic nitrogens is 2. The van der Waals surface area contributed by atoms with Gasteiger partial charge in [0.2, 0.25) is 0 Å². The van der Waals surface area contributed by atoms with Crippen LogP contribution in [0.5, 0.6) is 0 Å². The number of piperidine rings is 1. The summed E-state index contributed by atoms with van der Waals surface area (Å²) in [5.41, 5.74) is 2.18. The van der Waals surface area contributed by atoms with Crippen molar-refractivity contribution in [3.05, 3.63) is 47.5 Å². The summed E-state index contributed by atoms with van der Waals surface area (Å²) >= 11 is 0. The molecule has 3 rings (SSSR count). The Morgan fingerprint density at radius 3 is 2.73 bits per heavy atom. The van der Waals surface area contributed by atoms with E-state index in [0.717, 1.165) is 37.3 Å². The molecule has 1 aromatic carbocycles. The molecule has 0 spiro atoms. The third-order valence-corrected chi connectivity index (χ3v) is 4.62. The number of amides is 1. The summed E-state index contributed by atoms with van der Waals surface area (Å²) in [7, 11) is 0. The second-order valence-corrected chi connectivity index (χ2v) is 6.91. The van der Waals surface area contributed by atoms with Gasteiger partial charge in [-0.25, -0.2) is 9.07 Å². The van der Waals surface area contributed by atoms with Crippen LogP contribution in [0.15, 0.2) is 30.5 Å². The van der Waals surface area contributed by atoms with Crippen molar-refractivity contribution >= 4 is 18.3 Å². The average Bonchev–Trinajstić information content (AvgIpc) is 3.06. The lowest BCUT2D eigenvalue weighted by atomic mass is 9.99. The van der Waals surface area contributed by atoms with Gasteiger partial charge in [0.1, 0.15) is 5.82 Å². The van der Waals surface area contributed by atoms with Gasteiger partial charge in [0.25, 0.3) is 5.91 Å². The van der Waals surface area contributed by atoms with Gasteiger partial charge in [0.15, 0.2) is 0 Å². The zero-order valence-electron chi connectivity index (χ0n) is 15.2. The lowest BCUT2D eigenvalue weighted by Crippen LogP contribution is -2.38. The van der Waals surface area contributed by atoms with E-state index < -0.39 is 0 Å². The summed E-state index contributed by atoms with van der Waals surface area (Å²) in [5.74, 6) is 0.209. The van der Waals surface area contributed by atoms with Crippen molar-refractivity contribution in [3.8, 4) is 5.69 Å². The number of hydrogen-bond donors (Lipinski definition) is 2. The number of carbonyl (C=O) groups is 1. The van der Waals surface area contributed by atoms with Crippen LogP contribution in [0.25, 0.3) is 5.69 Å². The number of nitrogens with zero attached hydrogens (tertiary/aromatic N) is 2. The fraction of sp³-hybridized carbons (Fsp3) is 0.474. The Morgan fingerprint density at radius 1 is 1.38 bits per heavy atom. The Hall–Kier alpha value is -1.92. The van der Waals surface area contributed by atoms with Gasteiger partial charge in [0, 0.05) is 6.54 Å². The maximum absolute atomic E-state index is 13.2. The number of rotatable bonds is 5. The Bertz CT molecular complexity index is 724. The Labute approximate surface area is 159 Å². The second-order valence-electron chi connectivity index (χ2n) is 6.91. The van der Waals surface area contributed by atoms with Gasteiger partial charge in [-0.3, -0.25) is 4.79 Å². The highest BCUT2D eigenvalue weighted by atomic mass is 35.5. The fourth-order valence-electron chi connectivity index (χ4n) is 3.31. The molecular formula is C19H26ClFN4O. The monoisotopic (exact) mass is 380 g/mol. The SMILES string of the molecule is CC(C)c1c(C(=O)NCC2CCCNC2)cnn1-c1ccc(F)cc1.Cl. The maximum Gasteiger partial charge on any atom is 0.254 e. The first-order chi connectivity index (χ1) is 12.1. The van der Waals surface area contributed by atoms with E-state index in [1.807, 2.05) is 13.8 Å². The molecule has 5 nitrogen and oxygen atoms in total. The molecule has 0 radical (unpaired) electrons. The van der Waals surface area contributed by atoms with E-state index in [2.05, 4.69) is 15.7 Å². The van der Waals surface area contributed by atoms with Gasteiger partial charge in [-0.05, 0) is 62.0 Å². The van der Waals surface area contributed by atoms with Crippen LogP contribution in [0.1, 0.15) is 48.7 Å². The van der Waals surface area contributed by atoms with Crippen LogP contribution in [0.3, 0.4) is 0 Å². The molecule has 0 saturated carbocycles. The Morgan fingerprint density at radius 2 is 2.12 bits per heavy atom. The summed E-state index contributed by atoms with van der Waals surface area (Å²) in [6.07, 6.45) is 3.90. The van der Waals surface area contributed by atoms with Crippen molar-refractivity contribution in [1.29, 1.82) is 0 Å². The van der Waals surface area contributed by atoms with Crippen molar-refractivity contribution in [2.45, 2.75) is 32.6 Å². The standard InChI is InChI=1S/C19H25FN4O.ClH/c1-13(2)18-17(19(25)22-11-14-4-3-9-21-10-14)12-23-24(18)16-7-5-15(20)6-8-16;/h5-8,12-14,21H,3-4,9-11H2,1-2H3,(H,22,25);1H. The van der Waals surface area contributed by atoms with Crippen molar-refractivity contribution < 1.29 is 9.18 Å². The first-order valence-electron chi connectivity index (χ1n) is 8.89. The summed E-state index contributed by atoms with van der Waals surface area (Å²) in [5, 5.41) is 10.8. The van der Waals surface area contributed by atoms with Crippen LogP contribution < -0.4 is 10.6 Å². The minimum Gasteiger partial charge on any atom is -0.352 e. The lowest BCUT2D eigenvalue weighted by molar-refractivity contribution is 0.0943. The van der Waals surface area contributed by atoms with Gasteiger partial charge in [-0.1, -0.05) is 13.8 Å². The smallest absolute Gasteiger partial charge is 0.254 e. The highest BCUT2D eigenvalue weighted by Gasteiger charge is 2.22. The van der Waals surface area contributed by atoms with Crippen LogP contribution in [-0.2, 0) is 0 Å². The minimum absolute atomic E-state index is 0. The van der Waals surface area contributed by atoms with E-state index in [1.165, 1.54) is 12.1 Å². The molecule has 0 aliphatic carbocycles. The van der Waals surface area contributed by atoms with Crippen LogP contribution in [0, 0.1) is 11.7 Å². The molecule has 1 fully saturated rings. The van der Waals surface area contributed by atoms with Crippen molar-refractivity contribution in [3.63, 3.8) is 0 Å². The molecule has 2 aromatic rings. The third-order valence-electron chi connectivity index (χ3n) is 4.62. The molecule has 7 heteroatoms. The normalized spacial score (nSPS) is 17.0. The quantitative estimate of drug-likeness (QED) is 0.836. The fourth-order valence-corrected chi connectivity index (χ4v) is 3.31. The predicted octanol–water partition coefficient (Wildman–Crippen LogP) is 3.29. The maximum atomic E-state index is 13.2. The number of hydrogen-bond acceptors (Lipinski definition) is 3. The number of carbonyl (C=O) groups excluding carboxylic acids is 1. The van der Waals surface area contributed by atoms with Crippen molar-refractivity contribution in [1.82, 2.24) is 20.4 Å². The van der Waals surface area contributed by atoms with Gasteiger partial charge < -0.3 is 10.6 Å². The van der Waals surface area contributed by atoms with Gasteiger partial charge >= 0.3 is 0 Å². The van der Waals surface area contributed by atoms with Crippen LogP contribution in [0.2, 0.25) is 0 Å². The molecule has 1 aromatic heterocycles. The molecule has 1 unspecified atom stereocenters. The third kappa shape index (κ3) is 4.62. The summed E-state index contributed by atoms with van der Waals surface area (Å²) < 4.78 is 14.9. The summed E-state index contributed by atoms with van der Waals surface area (Å²) in [6.45, 7) is 6.74. The molecule has 0 bridgehead atoms. The van der Waals surface area contributed by atoms with Gasteiger partial charge in [0.05, 0.1) is 23.1 Å². The molecule has 26 heavy (non-hydrogen) atoms. The lowest BCUT2D eigenvalue weighted by Gasteiger charge is -2.23. The summed E-state index contributed by atoms with van der Waals surface area (Å²) in [4.78, 5) is 12.7. The zero-order chi connectivity index (χ0) is 17.8. The van der Waals surface area contributed by atoms with Crippen molar-refractivity contribution in [2.75, 3.05) is 19.6 Å². The van der Waals surface area contributed by atoms with Crippen LogP contribution >= 0.6 is 12.4 Å². The number of nitrogens with one attached hydrogen (secondary N) is 2. The molecule has 2 heterocycles. The highest BCUT2D eigenvalue weighted by Crippen LogP contribution is 2.23. The minimum atomic E-state index is -0.291. The Kier molecular flexibility index (Phi) is 7.17. The topological polar surface area (TPSA) is 59.0 Å². The Balaban J connectivity index is 0.00000243. The van der Waals surface area contributed by atoms with E-state index in [-0.39, 0.29) is 30.0 Å². The molecule has 1 aliphatic rings. The molecule has 1 amide bonds. The highest BCUT2D eigenvalue weighted by molar-refractivity contribution is 5.95. The average molecular weight is 381 g/mol. The molecule has 1 atom stereocenters. The van der Waals surface area contributed by atoms with Crippen LogP contribution in [-0.4, -0.2) is 35.3 Å². The molecule has 1 aliphatic heterocycles. The number of benzene rings is 1. The van der Waals surface area contributed by atoms with E-state index in [4.69, 9.17) is 0 Å². The molecule has 1 saturated heterocycles. The zero-order valence-corrected chi connectivity index (χ0v) is 16.0. The van der Waals surface area contributed by atoms with Crippen molar-refractivity contribution in [2.24, 2.45) is 5.92 Å². The predicted molar refractivity (Wildman–Crippen MR) is 103 cm³/mol. The largest absolute Gasteiger partial charge is 0.352 e. The first-order valence-corrected chi connectivity index (χ1v) is 8.89. The van der Waals surface area contributed by atoms with E-state index >= 15 is 0 Å². The van der Waals surface area contributed by atoms with Gasteiger partial charge in [-0.15, -0.1) is 12.4 Å². The molecule has 142 valence electrons.